The summed E-state index contributed by atoms with van der Waals surface area (Å²) in [6, 6.07) is 8.02. The third kappa shape index (κ3) is 1.68. The zero-order chi connectivity index (χ0) is 9.26. The number of ether oxygens (including phenoxy) is 1. The van der Waals surface area contributed by atoms with Crippen LogP contribution in [0.1, 0.15) is 12.5 Å². The van der Waals surface area contributed by atoms with Crippen molar-refractivity contribution in [3.63, 3.8) is 0 Å². The molecule has 0 aromatic heterocycles. The van der Waals surface area contributed by atoms with Gasteiger partial charge in [-0.3, -0.25) is 0 Å². The first-order valence-corrected chi connectivity index (χ1v) is 4.66. The Kier molecular flexibility index (Phi) is 2.23. The van der Waals surface area contributed by atoms with E-state index in [0.29, 0.717) is 6.61 Å². The second kappa shape index (κ2) is 3.38. The van der Waals surface area contributed by atoms with Crippen molar-refractivity contribution in [3.8, 4) is 5.75 Å². The summed E-state index contributed by atoms with van der Waals surface area (Å²) in [5.41, 5.74) is 1.21. The van der Waals surface area contributed by atoms with E-state index in [1.54, 1.807) is 0 Å². The molecule has 0 saturated carbocycles. The first-order chi connectivity index (χ1) is 6.27. The summed E-state index contributed by atoms with van der Waals surface area (Å²) in [7, 11) is 0. The average Bonchev–Trinajstić information content (AvgIpc) is 2.17. The third-order valence-electron chi connectivity index (χ3n) is 2.59. The fourth-order valence-corrected chi connectivity index (χ4v) is 1.66. The van der Waals surface area contributed by atoms with Gasteiger partial charge in [-0.25, -0.2) is 0 Å². The van der Waals surface area contributed by atoms with E-state index < -0.39 is 0 Å². The van der Waals surface area contributed by atoms with Crippen LogP contribution in [0.15, 0.2) is 24.3 Å². The van der Waals surface area contributed by atoms with E-state index in [0.717, 1.165) is 12.2 Å². The minimum atomic E-state index is -0.284. The highest BCUT2D eigenvalue weighted by Gasteiger charge is 2.22. The zero-order valence-corrected chi connectivity index (χ0v) is 7.73. The highest BCUT2D eigenvalue weighted by Crippen LogP contribution is 2.27. The molecule has 0 radical (unpaired) electrons. The quantitative estimate of drug-likeness (QED) is 0.708. The van der Waals surface area contributed by atoms with Gasteiger partial charge in [0.15, 0.2) is 0 Å². The van der Waals surface area contributed by atoms with E-state index in [4.69, 9.17) is 4.74 Å². The first kappa shape index (κ1) is 8.57. The van der Waals surface area contributed by atoms with Gasteiger partial charge < -0.3 is 9.84 Å². The molecule has 1 aromatic rings. The van der Waals surface area contributed by atoms with Gasteiger partial charge >= 0.3 is 0 Å². The van der Waals surface area contributed by atoms with E-state index in [-0.39, 0.29) is 12.0 Å². The van der Waals surface area contributed by atoms with Crippen molar-refractivity contribution in [2.45, 2.75) is 19.4 Å². The van der Waals surface area contributed by atoms with Crippen molar-refractivity contribution >= 4 is 0 Å². The topological polar surface area (TPSA) is 29.5 Å². The van der Waals surface area contributed by atoms with Crippen molar-refractivity contribution in [3.05, 3.63) is 29.8 Å². The molecule has 1 heterocycles. The van der Waals surface area contributed by atoms with Crippen LogP contribution in [-0.2, 0) is 6.42 Å². The van der Waals surface area contributed by atoms with Gasteiger partial charge in [-0.15, -0.1) is 0 Å². The smallest absolute Gasteiger partial charge is 0.122 e. The molecule has 1 aromatic carbocycles. The summed E-state index contributed by atoms with van der Waals surface area (Å²) in [5, 5.41) is 9.42. The molecular weight excluding hydrogens is 164 g/mol. The molecule has 2 heteroatoms. The Morgan fingerprint density at radius 1 is 1.46 bits per heavy atom. The van der Waals surface area contributed by atoms with E-state index in [1.165, 1.54) is 5.56 Å². The standard InChI is InChI=1S/C11H14O2/c1-8(12)10-6-9-4-2-3-5-11(9)13-7-10/h2-5,8,10,12H,6-7H2,1H3/t8-,10?/m1/s1. The van der Waals surface area contributed by atoms with Crippen LogP contribution >= 0.6 is 0 Å². The predicted molar refractivity (Wildman–Crippen MR) is 50.8 cm³/mol. The lowest BCUT2D eigenvalue weighted by atomic mass is 9.93. The van der Waals surface area contributed by atoms with Crippen molar-refractivity contribution in [1.29, 1.82) is 0 Å². The Bertz CT molecular complexity index is 294. The van der Waals surface area contributed by atoms with Gasteiger partial charge in [0.25, 0.3) is 0 Å². The number of aliphatic hydroxyl groups is 1. The van der Waals surface area contributed by atoms with Crippen LogP contribution in [0, 0.1) is 5.92 Å². The maximum Gasteiger partial charge on any atom is 0.122 e. The first-order valence-electron chi connectivity index (χ1n) is 4.66. The van der Waals surface area contributed by atoms with Crippen LogP contribution in [0.5, 0.6) is 5.75 Å². The molecule has 2 atom stereocenters. The SMILES string of the molecule is C[C@@H](O)C1COc2ccccc2C1. The molecule has 0 spiro atoms. The second-order valence-electron chi connectivity index (χ2n) is 3.62. The fourth-order valence-electron chi connectivity index (χ4n) is 1.66. The van der Waals surface area contributed by atoms with E-state index in [2.05, 4.69) is 6.07 Å². The Labute approximate surface area is 78.2 Å². The van der Waals surface area contributed by atoms with Crippen LogP contribution in [0.2, 0.25) is 0 Å². The normalized spacial score (nSPS) is 23.1. The van der Waals surface area contributed by atoms with Crippen LogP contribution < -0.4 is 4.74 Å². The summed E-state index contributed by atoms with van der Waals surface area (Å²) < 4.78 is 5.54. The molecule has 1 aliphatic rings. The van der Waals surface area contributed by atoms with E-state index >= 15 is 0 Å². The Hall–Kier alpha value is -1.02. The van der Waals surface area contributed by atoms with Gasteiger partial charge in [-0.1, -0.05) is 18.2 Å². The molecular formula is C11H14O2. The molecule has 1 aliphatic heterocycles. The summed E-state index contributed by atoms with van der Waals surface area (Å²) in [5.74, 6) is 1.22. The predicted octanol–water partition coefficient (Wildman–Crippen LogP) is 1.62. The molecule has 2 nitrogen and oxygen atoms in total. The van der Waals surface area contributed by atoms with Gasteiger partial charge in [0, 0.05) is 5.92 Å². The summed E-state index contributed by atoms with van der Waals surface area (Å²) in [6.45, 7) is 2.46. The number of hydrogen-bond donors (Lipinski definition) is 1. The highest BCUT2D eigenvalue weighted by atomic mass is 16.5. The Morgan fingerprint density at radius 2 is 2.23 bits per heavy atom. The highest BCUT2D eigenvalue weighted by molar-refractivity contribution is 5.35. The van der Waals surface area contributed by atoms with Gasteiger partial charge in [0.2, 0.25) is 0 Å². The lowest BCUT2D eigenvalue weighted by molar-refractivity contribution is 0.0784. The van der Waals surface area contributed by atoms with Crippen LogP contribution in [0.4, 0.5) is 0 Å². The van der Waals surface area contributed by atoms with Crippen molar-refractivity contribution in [1.82, 2.24) is 0 Å². The van der Waals surface area contributed by atoms with Crippen LogP contribution in [-0.4, -0.2) is 17.8 Å². The number of rotatable bonds is 1. The monoisotopic (exact) mass is 178 g/mol. The fraction of sp³-hybridized carbons (Fsp3) is 0.455. The van der Waals surface area contributed by atoms with Crippen molar-refractivity contribution in [2.75, 3.05) is 6.61 Å². The third-order valence-corrected chi connectivity index (χ3v) is 2.59. The zero-order valence-electron chi connectivity index (χ0n) is 7.73. The molecule has 0 saturated heterocycles. The lowest BCUT2D eigenvalue weighted by Gasteiger charge is -2.26. The molecule has 0 amide bonds. The second-order valence-corrected chi connectivity index (χ2v) is 3.62. The van der Waals surface area contributed by atoms with Gasteiger partial charge in [0.1, 0.15) is 5.75 Å². The summed E-state index contributed by atoms with van der Waals surface area (Å²) in [6.07, 6.45) is 0.641. The van der Waals surface area contributed by atoms with E-state index in [1.807, 2.05) is 25.1 Å². The van der Waals surface area contributed by atoms with Crippen LogP contribution in [0.25, 0.3) is 0 Å². The Balaban J connectivity index is 2.20. The number of fused-ring (bicyclic) bond motifs is 1. The maximum atomic E-state index is 9.42. The molecule has 2 rings (SSSR count). The van der Waals surface area contributed by atoms with Gasteiger partial charge in [-0.05, 0) is 25.0 Å². The Morgan fingerprint density at radius 3 is 3.00 bits per heavy atom. The minimum absolute atomic E-state index is 0.245. The lowest BCUT2D eigenvalue weighted by Crippen LogP contribution is -2.29. The molecule has 13 heavy (non-hydrogen) atoms. The molecule has 1 N–H and O–H groups in total. The molecule has 0 bridgehead atoms. The molecule has 0 aliphatic carbocycles. The van der Waals surface area contributed by atoms with Crippen LogP contribution in [0.3, 0.4) is 0 Å². The summed E-state index contributed by atoms with van der Waals surface area (Å²) in [4.78, 5) is 0. The van der Waals surface area contributed by atoms with E-state index in [9.17, 15) is 5.11 Å². The minimum Gasteiger partial charge on any atom is -0.493 e. The van der Waals surface area contributed by atoms with Gasteiger partial charge in [-0.2, -0.15) is 0 Å². The molecule has 0 fully saturated rings. The molecule has 1 unspecified atom stereocenters. The molecule has 70 valence electrons. The number of para-hydroxylation sites is 1. The summed E-state index contributed by atoms with van der Waals surface area (Å²) >= 11 is 0. The van der Waals surface area contributed by atoms with Gasteiger partial charge in [0.05, 0.1) is 12.7 Å². The van der Waals surface area contributed by atoms with Crippen molar-refractivity contribution < 1.29 is 9.84 Å². The average molecular weight is 178 g/mol. The van der Waals surface area contributed by atoms with Crippen molar-refractivity contribution in [2.24, 2.45) is 5.92 Å². The number of benzene rings is 1. The number of hydrogen-bond acceptors (Lipinski definition) is 2. The maximum absolute atomic E-state index is 9.42. The number of aliphatic hydroxyl groups excluding tert-OH is 1. The largest absolute Gasteiger partial charge is 0.493 e.